The van der Waals surface area contributed by atoms with Crippen molar-refractivity contribution in [2.75, 3.05) is 0 Å². The molecule has 96 valence electrons. The highest BCUT2D eigenvalue weighted by molar-refractivity contribution is 6.08. The van der Waals surface area contributed by atoms with E-state index in [0.29, 0.717) is 11.6 Å². The van der Waals surface area contributed by atoms with Crippen molar-refractivity contribution < 1.29 is 4.79 Å². The standard InChI is InChI=1S/C16H16N2O/c1-11(2)9-18-15-6-4-3-5-13(15)14-7-12(10-19)17-8-16(14)18/h3-8,10-11H,9H2,1-2H3. The molecule has 3 rings (SSSR count). The van der Waals surface area contributed by atoms with Gasteiger partial charge in [0.15, 0.2) is 6.29 Å². The Morgan fingerprint density at radius 3 is 2.74 bits per heavy atom. The summed E-state index contributed by atoms with van der Waals surface area (Å²) in [6, 6.07) is 10.2. The minimum absolute atomic E-state index is 0.486. The first kappa shape index (κ1) is 11.9. The molecule has 0 aliphatic rings. The molecular weight excluding hydrogens is 236 g/mol. The molecule has 0 bridgehead atoms. The largest absolute Gasteiger partial charge is 0.339 e. The Labute approximate surface area is 111 Å². The van der Waals surface area contributed by atoms with E-state index in [2.05, 4.69) is 35.5 Å². The van der Waals surface area contributed by atoms with E-state index in [1.165, 1.54) is 10.9 Å². The van der Waals surface area contributed by atoms with Crippen molar-refractivity contribution in [1.82, 2.24) is 9.55 Å². The van der Waals surface area contributed by atoms with Crippen LogP contribution >= 0.6 is 0 Å². The molecule has 3 nitrogen and oxygen atoms in total. The number of rotatable bonds is 3. The van der Waals surface area contributed by atoms with E-state index in [-0.39, 0.29) is 0 Å². The molecule has 0 amide bonds. The Balaban J connectivity index is 2.40. The van der Waals surface area contributed by atoms with Gasteiger partial charge in [0.25, 0.3) is 0 Å². The van der Waals surface area contributed by atoms with Gasteiger partial charge in [0.05, 0.1) is 11.7 Å². The predicted molar refractivity (Wildman–Crippen MR) is 77.5 cm³/mol. The maximum absolute atomic E-state index is 10.9. The maximum atomic E-state index is 10.9. The van der Waals surface area contributed by atoms with Crippen LogP contribution in [0, 0.1) is 5.92 Å². The number of aldehydes is 1. The molecule has 0 N–H and O–H groups in total. The molecule has 0 spiro atoms. The first-order valence-corrected chi connectivity index (χ1v) is 6.53. The van der Waals surface area contributed by atoms with Gasteiger partial charge in [-0.3, -0.25) is 9.78 Å². The predicted octanol–water partition coefficient (Wildman–Crippen LogP) is 3.66. The van der Waals surface area contributed by atoms with E-state index in [4.69, 9.17) is 0 Å². The molecule has 0 atom stereocenters. The van der Waals surface area contributed by atoms with Crippen LogP contribution in [0.3, 0.4) is 0 Å². The quantitative estimate of drug-likeness (QED) is 0.667. The zero-order chi connectivity index (χ0) is 13.4. The zero-order valence-corrected chi connectivity index (χ0v) is 11.1. The molecule has 0 radical (unpaired) electrons. The fourth-order valence-electron chi connectivity index (χ4n) is 2.59. The molecule has 3 aromatic rings. The molecule has 19 heavy (non-hydrogen) atoms. The van der Waals surface area contributed by atoms with Crippen molar-refractivity contribution in [3.05, 3.63) is 42.2 Å². The summed E-state index contributed by atoms with van der Waals surface area (Å²) in [4.78, 5) is 15.1. The summed E-state index contributed by atoms with van der Waals surface area (Å²) < 4.78 is 2.29. The molecule has 0 saturated carbocycles. The van der Waals surface area contributed by atoms with Gasteiger partial charge in [-0.05, 0) is 18.1 Å². The van der Waals surface area contributed by atoms with Crippen molar-refractivity contribution in [2.24, 2.45) is 5.92 Å². The Bertz CT molecular complexity index is 756. The Morgan fingerprint density at radius 2 is 2.00 bits per heavy atom. The fourth-order valence-corrected chi connectivity index (χ4v) is 2.59. The molecule has 0 fully saturated rings. The van der Waals surface area contributed by atoms with E-state index < -0.39 is 0 Å². The number of carbonyl (C=O) groups excluding carboxylic acids is 1. The van der Waals surface area contributed by atoms with E-state index >= 15 is 0 Å². The second kappa shape index (κ2) is 4.50. The number of para-hydroxylation sites is 1. The molecule has 2 heterocycles. The van der Waals surface area contributed by atoms with E-state index in [0.717, 1.165) is 23.7 Å². The van der Waals surface area contributed by atoms with Crippen LogP contribution in [0.1, 0.15) is 24.3 Å². The summed E-state index contributed by atoms with van der Waals surface area (Å²) in [6.45, 7) is 5.35. The number of hydrogen-bond acceptors (Lipinski definition) is 2. The number of hydrogen-bond donors (Lipinski definition) is 0. The van der Waals surface area contributed by atoms with Gasteiger partial charge in [0.1, 0.15) is 5.69 Å². The topological polar surface area (TPSA) is 34.9 Å². The molecule has 0 saturated heterocycles. The zero-order valence-electron chi connectivity index (χ0n) is 11.1. The average molecular weight is 252 g/mol. The molecule has 2 aromatic heterocycles. The number of pyridine rings is 1. The monoisotopic (exact) mass is 252 g/mol. The third kappa shape index (κ3) is 1.91. The first-order chi connectivity index (χ1) is 9.20. The van der Waals surface area contributed by atoms with Crippen LogP contribution in [0.5, 0.6) is 0 Å². The van der Waals surface area contributed by atoms with Crippen LogP contribution in [0.4, 0.5) is 0 Å². The smallest absolute Gasteiger partial charge is 0.168 e. The van der Waals surface area contributed by atoms with Crippen LogP contribution < -0.4 is 0 Å². The molecule has 0 aliphatic heterocycles. The lowest BCUT2D eigenvalue weighted by Gasteiger charge is -2.09. The first-order valence-electron chi connectivity index (χ1n) is 6.53. The summed E-state index contributed by atoms with van der Waals surface area (Å²) in [5.41, 5.74) is 2.79. The summed E-state index contributed by atoms with van der Waals surface area (Å²) in [6.07, 6.45) is 2.61. The molecule has 3 heteroatoms. The lowest BCUT2D eigenvalue weighted by atomic mass is 10.2. The van der Waals surface area contributed by atoms with Crippen LogP contribution in [0.2, 0.25) is 0 Å². The van der Waals surface area contributed by atoms with Crippen molar-refractivity contribution in [1.29, 1.82) is 0 Å². The minimum Gasteiger partial charge on any atom is -0.339 e. The van der Waals surface area contributed by atoms with Gasteiger partial charge < -0.3 is 4.57 Å². The van der Waals surface area contributed by atoms with Gasteiger partial charge in [0.2, 0.25) is 0 Å². The Kier molecular flexibility index (Phi) is 2.82. The lowest BCUT2D eigenvalue weighted by Crippen LogP contribution is -2.04. The minimum atomic E-state index is 0.486. The fraction of sp³-hybridized carbons (Fsp3) is 0.250. The van der Waals surface area contributed by atoms with Crippen molar-refractivity contribution in [3.8, 4) is 0 Å². The lowest BCUT2D eigenvalue weighted by molar-refractivity contribution is 0.111. The van der Waals surface area contributed by atoms with Crippen LogP contribution in [0.25, 0.3) is 21.8 Å². The van der Waals surface area contributed by atoms with Gasteiger partial charge >= 0.3 is 0 Å². The molecule has 0 unspecified atom stereocenters. The maximum Gasteiger partial charge on any atom is 0.168 e. The highest BCUT2D eigenvalue weighted by Gasteiger charge is 2.12. The number of aromatic nitrogens is 2. The van der Waals surface area contributed by atoms with E-state index in [1.807, 2.05) is 18.2 Å². The number of benzene rings is 1. The van der Waals surface area contributed by atoms with Crippen molar-refractivity contribution in [3.63, 3.8) is 0 Å². The SMILES string of the molecule is CC(C)Cn1c2ccccc2c2cc(C=O)ncc21. The number of nitrogens with zero attached hydrogens (tertiary/aromatic N) is 2. The summed E-state index contributed by atoms with van der Waals surface area (Å²) in [7, 11) is 0. The van der Waals surface area contributed by atoms with Crippen LogP contribution in [-0.2, 0) is 6.54 Å². The second-order valence-electron chi connectivity index (χ2n) is 5.27. The Hall–Kier alpha value is -2.16. The summed E-state index contributed by atoms with van der Waals surface area (Å²) in [5, 5.41) is 2.29. The second-order valence-corrected chi connectivity index (χ2v) is 5.27. The van der Waals surface area contributed by atoms with Crippen molar-refractivity contribution in [2.45, 2.75) is 20.4 Å². The normalized spacial score (nSPS) is 11.5. The van der Waals surface area contributed by atoms with E-state index in [1.54, 1.807) is 6.20 Å². The third-order valence-corrected chi connectivity index (χ3v) is 3.35. The Morgan fingerprint density at radius 1 is 1.21 bits per heavy atom. The van der Waals surface area contributed by atoms with E-state index in [9.17, 15) is 4.79 Å². The van der Waals surface area contributed by atoms with Gasteiger partial charge in [-0.25, -0.2) is 0 Å². The molecule has 0 aliphatic carbocycles. The summed E-state index contributed by atoms with van der Waals surface area (Å²) in [5.74, 6) is 0.560. The van der Waals surface area contributed by atoms with Gasteiger partial charge in [-0.1, -0.05) is 32.0 Å². The summed E-state index contributed by atoms with van der Waals surface area (Å²) >= 11 is 0. The van der Waals surface area contributed by atoms with Crippen molar-refractivity contribution >= 4 is 28.1 Å². The molecule has 1 aromatic carbocycles. The van der Waals surface area contributed by atoms with Gasteiger partial charge in [-0.15, -0.1) is 0 Å². The number of carbonyl (C=O) groups is 1. The number of fused-ring (bicyclic) bond motifs is 3. The van der Waals surface area contributed by atoms with Gasteiger partial charge in [-0.2, -0.15) is 0 Å². The van der Waals surface area contributed by atoms with Crippen LogP contribution in [0.15, 0.2) is 36.5 Å². The van der Waals surface area contributed by atoms with Gasteiger partial charge in [0, 0.05) is 22.8 Å². The average Bonchev–Trinajstić information content (AvgIpc) is 2.73. The third-order valence-electron chi connectivity index (χ3n) is 3.35. The molecular formula is C16H16N2O. The highest BCUT2D eigenvalue weighted by atomic mass is 16.1. The highest BCUT2D eigenvalue weighted by Crippen LogP contribution is 2.29. The van der Waals surface area contributed by atoms with Crippen LogP contribution in [-0.4, -0.2) is 15.8 Å².